The molecule has 1 saturated carbocycles. The second kappa shape index (κ2) is 6.68. The van der Waals surface area contributed by atoms with Crippen LogP contribution in [0.25, 0.3) is 0 Å². The topological polar surface area (TPSA) is 50.8 Å². The number of carbonyl (C=O) groups is 1. The highest BCUT2D eigenvalue weighted by atomic mass is 16.5. The molecular formula is C14H26N2O3. The molecule has 0 aromatic rings. The Morgan fingerprint density at radius 3 is 2.95 bits per heavy atom. The highest BCUT2D eigenvalue weighted by Crippen LogP contribution is 2.29. The van der Waals surface area contributed by atoms with Gasteiger partial charge in [0.1, 0.15) is 6.04 Å². The molecule has 1 heterocycles. The maximum atomic E-state index is 11.9. The van der Waals surface area contributed by atoms with Crippen molar-refractivity contribution >= 4 is 5.97 Å². The van der Waals surface area contributed by atoms with Gasteiger partial charge in [0.25, 0.3) is 0 Å². The molecule has 0 bridgehead atoms. The number of methoxy groups -OCH3 is 1. The van der Waals surface area contributed by atoms with Crippen molar-refractivity contribution in [3.63, 3.8) is 0 Å². The lowest BCUT2D eigenvalue weighted by Crippen LogP contribution is -2.56. The van der Waals surface area contributed by atoms with Gasteiger partial charge >= 0.3 is 5.97 Å². The first-order valence-electron chi connectivity index (χ1n) is 7.31. The zero-order valence-electron chi connectivity index (χ0n) is 12.2. The number of ether oxygens (including phenoxy) is 2. The van der Waals surface area contributed by atoms with Crippen LogP contribution in [0.3, 0.4) is 0 Å². The first-order valence-corrected chi connectivity index (χ1v) is 7.31. The van der Waals surface area contributed by atoms with Gasteiger partial charge in [-0.1, -0.05) is 13.8 Å². The summed E-state index contributed by atoms with van der Waals surface area (Å²) in [7, 11) is 1.45. The van der Waals surface area contributed by atoms with E-state index in [4.69, 9.17) is 9.47 Å². The summed E-state index contributed by atoms with van der Waals surface area (Å²) in [4.78, 5) is 14.3. The summed E-state index contributed by atoms with van der Waals surface area (Å²) >= 11 is 0. The van der Waals surface area contributed by atoms with Gasteiger partial charge in [0.05, 0.1) is 19.8 Å². The van der Waals surface area contributed by atoms with E-state index in [0.29, 0.717) is 12.1 Å². The number of rotatable bonds is 5. The van der Waals surface area contributed by atoms with Crippen LogP contribution in [0, 0.1) is 0 Å². The summed E-state index contributed by atoms with van der Waals surface area (Å²) in [5.41, 5.74) is 0. The van der Waals surface area contributed by atoms with Crippen molar-refractivity contribution in [1.82, 2.24) is 10.2 Å². The highest BCUT2D eigenvalue weighted by Gasteiger charge is 2.37. The van der Waals surface area contributed by atoms with Gasteiger partial charge in [0.15, 0.2) is 0 Å². The predicted octanol–water partition coefficient (Wildman–Crippen LogP) is 0.779. The zero-order chi connectivity index (χ0) is 13.8. The minimum Gasteiger partial charge on any atom is -0.468 e. The molecule has 1 saturated heterocycles. The van der Waals surface area contributed by atoms with E-state index in [1.165, 1.54) is 20.0 Å². The lowest BCUT2D eigenvalue weighted by atomic mass is 10.1. The molecule has 1 N–H and O–H groups in total. The molecule has 3 atom stereocenters. The van der Waals surface area contributed by atoms with Crippen LogP contribution in [-0.4, -0.2) is 61.9 Å². The summed E-state index contributed by atoms with van der Waals surface area (Å²) in [6, 6.07) is 0.503. The summed E-state index contributed by atoms with van der Waals surface area (Å²) in [6.07, 6.45) is 3.93. The quantitative estimate of drug-likeness (QED) is 0.748. The number of esters is 1. The molecule has 5 heteroatoms. The maximum Gasteiger partial charge on any atom is 0.324 e. The van der Waals surface area contributed by atoms with Gasteiger partial charge in [0, 0.05) is 25.2 Å². The first kappa shape index (κ1) is 14.8. The molecule has 0 spiro atoms. The normalized spacial score (nSPS) is 29.3. The van der Waals surface area contributed by atoms with Crippen molar-refractivity contribution < 1.29 is 14.3 Å². The smallest absolute Gasteiger partial charge is 0.324 e. The minimum atomic E-state index is -0.246. The van der Waals surface area contributed by atoms with Crippen LogP contribution in [0.4, 0.5) is 0 Å². The van der Waals surface area contributed by atoms with Crippen LogP contribution >= 0.6 is 0 Å². The molecule has 2 aliphatic rings. The summed E-state index contributed by atoms with van der Waals surface area (Å²) < 4.78 is 10.7. The largest absolute Gasteiger partial charge is 0.468 e. The summed E-state index contributed by atoms with van der Waals surface area (Å²) in [5.74, 6) is -0.172. The fourth-order valence-electron chi connectivity index (χ4n) is 3.21. The number of nitrogens with zero attached hydrogens (tertiary/aromatic N) is 1. The van der Waals surface area contributed by atoms with Crippen molar-refractivity contribution in [2.24, 2.45) is 0 Å². The van der Waals surface area contributed by atoms with Crippen LogP contribution in [0.15, 0.2) is 0 Å². The Balaban J connectivity index is 1.97. The van der Waals surface area contributed by atoms with E-state index in [-0.39, 0.29) is 18.1 Å². The summed E-state index contributed by atoms with van der Waals surface area (Å²) in [5, 5.41) is 3.30. The lowest BCUT2D eigenvalue weighted by molar-refractivity contribution is -0.145. The van der Waals surface area contributed by atoms with Crippen molar-refractivity contribution in [1.29, 1.82) is 0 Å². The molecule has 1 aliphatic heterocycles. The fraction of sp³-hybridized carbons (Fsp3) is 0.929. The van der Waals surface area contributed by atoms with Crippen LogP contribution in [0.5, 0.6) is 0 Å². The fourth-order valence-corrected chi connectivity index (χ4v) is 3.21. The predicted molar refractivity (Wildman–Crippen MR) is 73.0 cm³/mol. The van der Waals surface area contributed by atoms with Crippen LogP contribution in [0.2, 0.25) is 0 Å². The Labute approximate surface area is 115 Å². The van der Waals surface area contributed by atoms with Crippen LogP contribution < -0.4 is 5.32 Å². The van der Waals surface area contributed by atoms with E-state index in [1.54, 1.807) is 0 Å². The zero-order valence-corrected chi connectivity index (χ0v) is 12.2. The monoisotopic (exact) mass is 270 g/mol. The molecule has 3 unspecified atom stereocenters. The Morgan fingerprint density at radius 1 is 1.47 bits per heavy atom. The maximum absolute atomic E-state index is 11.9. The van der Waals surface area contributed by atoms with Gasteiger partial charge in [-0.25, -0.2) is 0 Å². The number of carbonyl (C=O) groups excluding carboxylic acids is 1. The highest BCUT2D eigenvalue weighted by molar-refractivity contribution is 5.76. The van der Waals surface area contributed by atoms with Gasteiger partial charge < -0.3 is 14.8 Å². The molecule has 110 valence electrons. The van der Waals surface area contributed by atoms with Crippen LogP contribution in [0.1, 0.15) is 33.1 Å². The van der Waals surface area contributed by atoms with E-state index < -0.39 is 0 Å². The third-order valence-corrected chi connectivity index (χ3v) is 4.03. The Bertz CT molecular complexity index is 309. The van der Waals surface area contributed by atoms with Crippen molar-refractivity contribution in [2.45, 2.75) is 57.3 Å². The van der Waals surface area contributed by atoms with Gasteiger partial charge in [-0.2, -0.15) is 0 Å². The Kier molecular flexibility index (Phi) is 5.19. The first-order chi connectivity index (χ1) is 9.11. The van der Waals surface area contributed by atoms with E-state index in [9.17, 15) is 4.79 Å². The molecule has 0 aromatic carbocycles. The standard InChI is InChI=1S/C14H26N2O3/c1-10(2)15-11(14(17)18-3)9-16-7-8-19-13-6-4-5-12(13)16/h10-13,15H,4-9H2,1-3H3. The Morgan fingerprint density at radius 2 is 2.26 bits per heavy atom. The number of morpholine rings is 1. The van der Waals surface area contributed by atoms with Crippen molar-refractivity contribution in [3.8, 4) is 0 Å². The molecule has 2 rings (SSSR count). The van der Waals surface area contributed by atoms with E-state index >= 15 is 0 Å². The second-order valence-electron chi connectivity index (χ2n) is 5.80. The SMILES string of the molecule is COC(=O)C(CN1CCOC2CCCC21)NC(C)C. The number of hydrogen-bond donors (Lipinski definition) is 1. The average Bonchev–Trinajstić information content (AvgIpc) is 2.85. The average molecular weight is 270 g/mol. The van der Waals surface area contributed by atoms with Gasteiger partial charge in [-0.3, -0.25) is 9.69 Å². The third kappa shape index (κ3) is 3.68. The summed E-state index contributed by atoms with van der Waals surface area (Å²) in [6.45, 7) is 6.50. The molecule has 1 aliphatic carbocycles. The second-order valence-corrected chi connectivity index (χ2v) is 5.80. The molecule has 19 heavy (non-hydrogen) atoms. The van der Waals surface area contributed by atoms with Gasteiger partial charge in [-0.05, 0) is 19.3 Å². The molecule has 5 nitrogen and oxygen atoms in total. The number of nitrogens with one attached hydrogen (secondary N) is 1. The molecule has 0 radical (unpaired) electrons. The van der Waals surface area contributed by atoms with Crippen molar-refractivity contribution in [3.05, 3.63) is 0 Å². The lowest BCUT2D eigenvalue weighted by Gasteiger charge is -2.39. The third-order valence-electron chi connectivity index (χ3n) is 4.03. The minimum absolute atomic E-state index is 0.172. The van der Waals surface area contributed by atoms with Gasteiger partial charge in [0.2, 0.25) is 0 Å². The molecule has 0 aromatic heterocycles. The number of hydrogen-bond acceptors (Lipinski definition) is 5. The van der Waals surface area contributed by atoms with E-state index in [0.717, 1.165) is 26.1 Å². The molecular weight excluding hydrogens is 244 g/mol. The van der Waals surface area contributed by atoms with E-state index in [1.807, 2.05) is 13.8 Å². The van der Waals surface area contributed by atoms with Gasteiger partial charge in [-0.15, -0.1) is 0 Å². The Hall–Kier alpha value is -0.650. The van der Waals surface area contributed by atoms with Crippen molar-refractivity contribution in [2.75, 3.05) is 26.8 Å². The van der Waals surface area contributed by atoms with E-state index in [2.05, 4.69) is 10.2 Å². The number of fused-ring (bicyclic) bond motifs is 1. The van der Waals surface area contributed by atoms with Crippen LogP contribution in [-0.2, 0) is 14.3 Å². The molecule has 2 fully saturated rings. The molecule has 0 amide bonds.